The number of methoxy groups -OCH3 is 1. The molecule has 1 aromatic rings. The Hall–Kier alpha value is -0.980. The quantitative estimate of drug-likeness (QED) is 0.565. The average Bonchev–Trinajstić information content (AvgIpc) is 2.32. The van der Waals surface area contributed by atoms with Gasteiger partial charge in [-0.05, 0) is 27.6 Å². The maximum atomic E-state index is 7.28. The molecule has 100 valence electrons. The van der Waals surface area contributed by atoms with E-state index < -0.39 is 0 Å². The molecule has 0 aliphatic rings. The van der Waals surface area contributed by atoms with Crippen LogP contribution in [0.4, 0.5) is 0 Å². The molecule has 1 aromatic heterocycles. The molecule has 1 heterocycles. The summed E-state index contributed by atoms with van der Waals surface area (Å²) in [6, 6.07) is 2.04. The van der Waals surface area contributed by atoms with Crippen molar-refractivity contribution < 1.29 is 4.74 Å². The topological polar surface area (TPSA) is 75.2 Å². The number of amidine groups is 1. The van der Waals surface area contributed by atoms with Crippen molar-refractivity contribution in [3.8, 4) is 0 Å². The Bertz CT molecular complexity index is 386. The molecule has 6 heteroatoms. The second kappa shape index (κ2) is 8.18. The van der Waals surface area contributed by atoms with Crippen LogP contribution in [0, 0.1) is 5.41 Å². The summed E-state index contributed by atoms with van der Waals surface area (Å²) in [7, 11) is 1.68. The first-order valence-corrected chi connectivity index (χ1v) is 6.54. The van der Waals surface area contributed by atoms with Crippen LogP contribution in [0.2, 0.25) is 0 Å². The SMILES string of the molecule is COCCN(CCC(=N)N)Cc1cncc(Br)c1. The minimum Gasteiger partial charge on any atom is -0.388 e. The first-order chi connectivity index (χ1) is 8.61. The van der Waals surface area contributed by atoms with Gasteiger partial charge in [0.05, 0.1) is 12.4 Å². The lowest BCUT2D eigenvalue weighted by Crippen LogP contribution is -2.30. The molecule has 18 heavy (non-hydrogen) atoms. The first kappa shape index (κ1) is 15.1. The Morgan fingerprint density at radius 3 is 2.89 bits per heavy atom. The monoisotopic (exact) mass is 314 g/mol. The number of rotatable bonds is 8. The molecule has 0 amide bonds. The van der Waals surface area contributed by atoms with Crippen LogP contribution in [-0.4, -0.2) is 42.5 Å². The molecule has 0 spiro atoms. The van der Waals surface area contributed by atoms with Crippen molar-refractivity contribution in [1.29, 1.82) is 5.41 Å². The lowest BCUT2D eigenvalue weighted by Gasteiger charge is -2.21. The number of ether oxygens (including phenoxy) is 1. The summed E-state index contributed by atoms with van der Waals surface area (Å²) >= 11 is 3.41. The molecular weight excluding hydrogens is 296 g/mol. The highest BCUT2D eigenvalue weighted by Gasteiger charge is 2.07. The minimum atomic E-state index is 0.213. The highest BCUT2D eigenvalue weighted by molar-refractivity contribution is 9.10. The molecular formula is C12H19BrN4O. The number of pyridine rings is 1. The molecule has 0 fully saturated rings. The van der Waals surface area contributed by atoms with Crippen LogP contribution in [-0.2, 0) is 11.3 Å². The van der Waals surface area contributed by atoms with E-state index in [1.54, 1.807) is 13.3 Å². The van der Waals surface area contributed by atoms with Gasteiger partial charge in [0.15, 0.2) is 0 Å². The van der Waals surface area contributed by atoms with Crippen LogP contribution in [0.25, 0.3) is 0 Å². The number of nitrogens with zero attached hydrogens (tertiary/aromatic N) is 2. The summed E-state index contributed by atoms with van der Waals surface area (Å²) in [4.78, 5) is 6.34. The summed E-state index contributed by atoms with van der Waals surface area (Å²) in [6.07, 6.45) is 4.18. The van der Waals surface area contributed by atoms with Gasteiger partial charge in [0, 0.05) is 50.0 Å². The van der Waals surface area contributed by atoms with Crippen LogP contribution in [0.3, 0.4) is 0 Å². The third-order valence-corrected chi connectivity index (χ3v) is 2.91. The van der Waals surface area contributed by atoms with Crippen LogP contribution >= 0.6 is 15.9 Å². The van der Waals surface area contributed by atoms with E-state index in [-0.39, 0.29) is 5.84 Å². The van der Waals surface area contributed by atoms with E-state index in [1.807, 2.05) is 12.3 Å². The van der Waals surface area contributed by atoms with Crippen LogP contribution < -0.4 is 5.73 Å². The standard InChI is InChI=1S/C12H19BrN4O/c1-18-5-4-17(3-2-12(14)15)9-10-6-11(13)8-16-7-10/h6-8H,2-5,9H2,1H3,(H3,14,15). The fraction of sp³-hybridized carbons (Fsp3) is 0.500. The zero-order chi connectivity index (χ0) is 13.4. The molecule has 0 saturated heterocycles. The summed E-state index contributed by atoms with van der Waals surface area (Å²) in [5.41, 5.74) is 6.52. The van der Waals surface area contributed by atoms with Crippen molar-refractivity contribution >= 4 is 21.8 Å². The molecule has 0 radical (unpaired) electrons. The van der Waals surface area contributed by atoms with Crippen molar-refractivity contribution in [1.82, 2.24) is 9.88 Å². The fourth-order valence-electron chi connectivity index (χ4n) is 1.57. The molecule has 0 bridgehead atoms. The first-order valence-electron chi connectivity index (χ1n) is 5.75. The van der Waals surface area contributed by atoms with Crippen molar-refractivity contribution in [3.63, 3.8) is 0 Å². The van der Waals surface area contributed by atoms with Gasteiger partial charge in [0.1, 0.15) is 0 Å². The molecule has 0 unspecified atom stereocenters. The molecule has 0 atom stereocenters. The second-order valence-electron chi connectivity index (χ2n) is 4.06. The highest BCUT2D eigenvalue weighted by atomic mass is 79.9. The minimum absolute atomic E-state index is 0.213. The van der Waals surface area contributed by atoms with Crippen molar-refractivity contribution in [2.24, 2.45) is 5.73 Å². The van der Waals surface area contributed by atoms with Crippen molar-refractivity contribution in [3.05, 3.63) is 28.5 Å². The van der Waals surface area contributed by atoms with E-state index >= 15 is 0 Å². The maximum absolute atomic E-state index is 7.28. The second-order valence-corrected chi connectivity index (χ2v) is 4.97. The Labute approximate surface area is 116 Å². The third kappa shape index (κ3) is 6.09. The van der Waals surface area contributed by atoms with E-state index in [0.717, 1.165) is 29.7 Å². The van der Waals surface area contributed by atoms with Gasteiger partial charge < -0.3 is 10.5 Å². The predicted molar refractivity (Wildman–Crippen MR) is 75.6 cm³/mol. The van der Waals surface area contributed by atoms with Crippen molar-refractivity contribution in [2.45, 2.75) is 13.0 Å². The van der Waals surface area contributed by atoms with Gasteiger partial charge in [-0.1, -0.05) is 0 Å². The number of aromatic nitrogens is 1. The molecule has 5 nitrogen and oxygen atoms in total. The van der Waals surface area contributed by atoms with Gasteiger partial charge in [0.2, 0.25) is 0 Å². The lowest BCUT2D eigenvalue weighted by molar-refractivity contribution is 0.145. The number of hydrogen-bond acceptors (Lipinski definition) is 4. The molecule has 0 aliphatic carbocycles. The summed E-state index contributed by atoms with van der Waals surface area (Å²) in [6.45, 7) is 3.02. The normalized spacial score (nSPS) is 10.8. The number of nitrogens with one attached hydrogen (secondary N) is 1. The molecule has 0 aromatic carbocycles. The smallest absolute Gasteiger partial charge is 0.0918 e. The molecule has 1 rings (SSSR count). The summed E-state index contributed by atoms with van der Waals surface area (Å²) in [5.74, 6) is 0.213. The molecule has 3 N–H and O–H groups in total. The summed E-state index contributed by atoms with van der Waals surface area (Å²) < 4.78 is 6.06. The summed E-state index contributed by atoms with van der Waals surface area (Å²) in [5, 5.41) is 7.28. The van der Waals surface area contributed by atoms with Gasteiger partial charge in [-0.3, -0.25) is 15.3 Å². The number of halogens is 1. The highest BCUT2D eigenvalue weighted by Crippen LogP contribution is 2.11. The van der Waals surface area contributed by atoms with Gasteiger partial charge in [-0.25, -0.2) is 0 Å². The van der Waals surface area contributed by atoms with Gasteiger partial charge in [-0.2, -0.15) is 0 Å². The van der Waals surface area contributed by atoms with Gasteiger partial charge in [-0.15, -0.1) is 0 Å². The van der Waals surface area contributed by atoms with Crippen LogP contribution in [0.15, 0.2) is 22.9 Å². The Kier molecular flexibility index (Phi) is 6.85. The molecule has 0 aliphatic heterocycles. The zero-order valence-electron chi connectivity index (χ0n) is 10.5. The fourth-order valence-corrected chi connectivity index (χ4v) is 1.98. The third-order valence-electron chi connectivity index (χ3n) is 2.48. The van der Waals surface area contributed by atoms with E-state index in [9.17, 15) is 0 Å². The largest absolute Gasteiger partial charge is 0.388 e. The van der Waals surface area contributed by atoms with Gasteiger partial charge >= 0.3 is 0 Å². The van der Waals surface area contributed by atoms with E-state index in [4.69, 9.17) is 15.9 Å². The average molecular weight is 315 g/mol. The number of nitrogens with two attached hydrogens (primary N) is 1. The number of hydrogen-bond donors (Lipinski definition) is 2. The van der Waals surface area contributed by atoms with E-state index in [2.05, 4.69) is 25.8 Å². The lowest BCUT2D eigenvalue weighted by atomic mass is 10.2. The Morgan fingerprint density at radius 2 is 2.28 bits per heavy atom. The van der Waals surface area contributed by atoms with Crippen molar-refractivity contribution in [2.75, 3.05) is 26.8 Å². The van der Waals surface area contributed by atoms with Gasteiger partial charge in [0.25, 0.3) is 0 Å². The Morgan fingerprint density at radius 1 is 1.50 bits per heavy atom. The maximum Gasteiger partial charge on any atom is 0.0918 e. The zero-order valence-corrected chi connectivity index (χ0v) is 12.1. The van der Waals surface area contributed by atoms with Crippen LogP contribution in [0.1, 0.15) is 12.0 Å². The van der Waals surface area contributed by atoms with E-state index in [0.29, 0.717) is 13.0 Å². The predicted octanol–water partition coefficient (Wildman–Crippen LogP) is 1.62. The Balaban J connectivity index is 2.56. The van der Waals surface area contributed by atoms with E-state index in [1.165, 1.54) is 0 Å². The van der Waals surface area contributed by atoms with Crippen LogP contribution in [0.5, 0.6) is 0 Å². The molecule has 0 saturated carbocycles.